The first-order valence-corrected chi connectivity index (χ1v) is 9.89. The van der Waals surface area contributed by atoms with Gasteiger partial charge in [-0.25, -0.2) is 0 Å². The van der Waals surface area contributed by atoms with Gasteiger partial charge in [0, 0.05) is 0 Å². The van der Waals surface area contributed by atoms with Gasteiger partial charge in [0.2, 0.25) is 0 Å². The fourth-order valence-corrected chi connectivity index (χ4v) is 2.55. The van der Waals surface area contributed by atoms with E-state index in [-0.39, 0.29) is 37.3 Å². The largest absolute Gasteiger partial charge is 0.756 e. The molecular formula is C16H32O7P-. The molecule has 0 rings (SSSR count). The highest BCUT2D eigenvalue weighted by atomic mass is 31.2. The molecule has 0 aliphatic rings. The molecule has 1 N–H and O–H groups in total. The minimum absolute atomic E-state index is 0.233. The van der Waals surface area contributed by atoms with Crippen LogP contribution in [-0.2, 0) is 23.2 Å². The van der Waals surface area contributed by atoms with Gasteiger partial charge in [-0.15, -0.1) is 0 Å². The van der Waals surface area contributed by atoms with Crippen molar-refractivity contribution in [3.63, 3.8) is 0 Å². The lowest BCUT2D eigenvalue weighted by molar-refractivity contribution is -0.227. The molecule has 0 aliphatic heterocycles. The second kappa shape index (κ2) is 14.6. The molecule has 0 heterocycles. The molecule has 0 fully saturated rings. The molecule has 0 saturated heterocycles. The maximum absolute atomic E-state index is 11.5. The predicted octanol–water partition coefficient (Wildman–Crippen LogP) is 3.41. The number of hydrogen-bond donors (Lipinski definition) is 1. The van der Waals surface area contributed by atoms with Crippen LogP contribution in [0.5, 0.6) is 0 Å². The Bertz CT molecular complexity index is 358. The van der Waals surface area contributed by atoms with Gasteiger partial charge in [-0.3, -0.25) is 14.2 Å². The quantitative estimate of drug-likeness (QED) is 0.415. The summed E-state index contributed by atoms with van der Waals surface area (Å²) in [6.07, 6.45) is 3.32. The van der Waals surface area contributed by atoms with Crippen LogP contribution in [0.1, 0.15) is 66.7 Å². The zero-order chi connectivity index (χ0) is 19.2. The van der Waals surface area contributed by atoms with Crippen molar-refractivity contribution in [3.05, 3.63) is 0 Å². The van der Waals surface area contributed by atoms with Crippen molar-refractivity contribution < 1.29 is 33.2 Å². The maximum atomic E-state index is 11.5. The monoisotopic (exact) mass is 367 g/mol. The highest BCUT2D eigenvalue weighted by molar-refractivity contribution is 7.45. The Morgan fingerprint density at radius 3 is 1.46 bits per heavy atom. The molecule has 0 spiro atoms. The molecule has 0 aromatic carbocycles. The number of phosphoric acid groups is 1. The lowest BCUT2D eigenvalue weighted by atomic mass is 10.1. The molecule has 8 heteroatoms. The van der Waals surface area contributed by atoms with Crippen LogP contribution in [0.15, 0.2) is 0 Å². The molecule has 0 amide bonds. The van der Waals surface area contributed by atoms with Gasteiger partial charge in [0.25, 0.3) is 7.82 Å². The summed E-state index contributed by atoms with van der Waals surface area (Å²) >= 11 is 0. The number of aliphatic carboxylic acids is 1. The standard InChI is InChI=1S/C12H27O4P.C4H6O3/c1-5-11(6-2)9-15-17(13,14)16-10-12(7-3)8-4;1-3(5)2-4(6)7/h11-12H,5-10H2,1-4H3,(H,13,14);2H2,1H3,(H,6,7)/p-1. The fourth-order valence-electron chi connectivity index (χ4n) is 1.69. The van der Waals surface area contributed by atoms with Crippen LogP contribution in [-0.4, -0.2) is 30.1 Å². The van der Waals surface area contributed by atoms with Gasteiger partial charge in [0.05, 0.1) is 13.2 Å². The number of Topliss-reactive ketones (excluding diaryl/α,β-unsaturated/α-hetero) is 1. The number of rotatable bonds is 12. The highest BCUT2D eigenvalue weighted by Gasteiger charge is 2.15. The van der Waals surface area contributed by atoms with Gasteiger partial charge in [0.15, 0.2) is 0 Å². The van der Waals surface area contributed by atoms with Crippen LogP contribution >= 0.6 is 7.82 Å². The van der Waals surface area contributed by atoms with E-state index in [0.717, 1.165) is 25.7 Å². The predicted molar refractivity (Wildman–Crippen MR) is 90.6 cm³/mol. The van der Waals surface area contributed by atoms with Crippen molar-refractivity contribution in [3.8, 4) is 0 Å². The Hall–Kier alpha value is -0.750. The Labute approximate surface area is 145 Å². The van der Waals surface area contributed by atoms with E-state index in [4.69, 9.17) is 14.2 Å². The van der Waals surface area contributed by atoms with Gasteiger partial charge in [-0.2, -0.15) is 0 Å². The molecule has 0 saturated carbocycles. The third kappa shape index (κ3) is 16.1. The van der Waals surface area contributed by atoms with Crippen LogP contribution in [0, 0.1) is 11.8 Å². The van der Waals surface area contributed by atoms with Gasteiger partial charge >= 0.3 is 5.97 Å². The Morgan fingerprint density at radius 1 is 0.958 bits per heavy atom. The van der Waals surface area contributed by atoms with Crippen molar-refractivity contribution in [1.82, 2.24) is 0 Å². The minimum Gasteiger partial charge on any atom is -0.756 e. The van der Waals surface area contributed by atoms with E-state index < -0.39 is 13.8 Å². The van der Waals surface area contributed by atoms with Crippen molar-refractivity contribution in [2.45, 2.75) is 66.7 Å². The summed E-state index contributed by atoms with van der Waals surface area (Å²) in [5, 5.41) is 7.86. The van der Waals surface area contributed by atoms with E-state index in [1.165, 1.54) is 6.92 Å². The summed E-state index contributed by atoms with van der Waals surface area (Å²) in [7, 11) is -4.10. The van der Waals surface area contributed by atoms with Gasteiger partial charge in [-0.1, -0.05) is 53.4 Å². The number of carboxylic acids is 1. The van der Waals surface area contributed by atoms with E-state index in [1.807, 2.05) is 27.7 Å². The molecule has 0 aromatic rings. The number of hydrogen-bond acceptors (Lipinski definition) is 6. The molecule has 24 heavy (non-hydrogen) atoms. The molecule has 0 aromatic heterocycles. The van der Waals surface area contributed by atoms with Gasteiger partial charge in [0.1, 0.15) is 12.2 Å². The molecule has 144 valence electrons. The molecular weight excluding hydrogens is 335 g/mol. The summed E-state index contributed by atoms with van der Waals surface area (Å²) in [6.45, 7) is 9.81. The number of carboxylic acid groups (broad SMARTS) is 1. The van der Waals surface area contributed by atoms with Crippen molar-refractivity contribution in [2.75, 3.05) is 13.2 Å². The van der Waals surface area contributed by atoms with E-state index in [0.29, 0.717) is 0 Å². The maximum Gasteiger partial charge on any atom is 0.310 e. The first-order valence-electron chi connectivity index (χ1n) is 8.42. The Balaban J connectivity index is 0. The van der Waals surface area contributed by atoms with E-state index in [1.54, 1.807) is 0 Å². The minimum atomic E-state index is -4.10. The van der Waals surface area contributed by atoms with Gasteiger partial charge < -0.3 is 19.0 Å². The number of phosphoric ester groups is 1. The summed E-state index contributed by atoms with van der Waals surface area (Å²) in [6, 6.07) is 0. The zero-order valence-corrected chi connectivity index (χ0v) is 16.3. The second-order valence-electron chi connectivity index (χ2n) is 5.68. The SMILES string of the molecule is CC(=O)CC(=O)O.CCC(CC)COP(=O)([O-])OCC(CC)CC. The van der Waals surface area contributed by atoms with Crippen LogP contribution in [0.2, 0.25) is 0 Å². The summed E-state index contributed by atoms with van der Waals surface area (Å²) in [5.74, 6) is -0.803. The Morgan fingerprint density at radius 2 is 1.29 bits per heavy atom. The first kappa shape index (κ1) is 25.5. The average Bonchev–Trinajstić information content (AvgIpc) is 2.48. The molecule has 0 radical (unpaired) electrons. The topological polar surface area (TPSA) is 113 Å². The zero-order valence-electron chi connectivity index (χ0n) is 15.4. The lowest BCUT2D eigenvalue weighted by Crippen LogP contribution is -2.16. The van der Waals surface area contributed by atoms with Crippen LogP contribution in [0.3, 0.4) is 0 Å². The highest BCUT2D eigenvalue weighted by Crippen LogP contribution is 2.40. The first-order chi connectivity index (χ1) is 11.1. The van der Waals surface area contributed by atoms with Crippen molar-refractivity contribution >= 4 is 19.6 Å². The summed E-state index contributed by atoms with van der Waals surface area (Å²) in [4.78, 5) is 30.9. The Kier molecular flexibility index (Phi) is 15.5. The fraction of sp³-hybridized carbons (Fsp3) is 0.875. The molecule has 0 aliphatic carbocycles. The summed E-state index contributed by atoms with van der Waals surface area (Å²) in [5.41, 5.74) is 0. The van der Waals surface area contributed by atoms with Crippen LogP contribution < -0.4 is 4.89 Å². The summed E-state index contributed by atoms with van der Waals surface area (Å²) < 4.78 is 21.3. The normalized spacial score (nSPS) is 11.3. The molecule has 7 nitrogen and oxygen atoms in total. The number of ketones is 1. The van der Waals surface area contributed by atoms with Crippen LogP contribution in [0.4, 0.5) is 0 Å². The lowest BCUT2D eigenvalue weighted by Gasteiger charge is -2.26. The smallest absolute Gasteiger partial charge is 0.310 e. The molecule has 0 unspecified atom stereocenters. The van der Waals surface area contributed by atoms with Crippen molar-refractivity contribution in [1.29, 1.82) is 0 Å². The number of carbonyl (C=O) groups excluding carboxylic acids is 1. The molecule has 0 bridgehead atoms. The van der Waals surface area contributed by atoms with Crippen molar-refractivity contribution in [2.24, 2.45) is 11.8 Å². The van der Waals surface area contributed by atoms with Gasteiger partial charge in [-0.05, 0) is 18.8 Å². The van der Waals surface area contributed by atoms with E-state index >= 15 is 0 Å². The van der Waals surface area contributed by atoms with Crippen LogP contribution in [0.25, 0.3) is 0 Å². The second-order valence-corrected chi connectivity index (χ2v) is 7.09. The third-order valence-corrected chi connectivity index (χ3v) is 4.58. The number of carbonyl (C=O) groups is 2. The average molecular weight is 367 g/mol. The molecule has 0 atom stereocenters. The van der Waals surface area contributed by atoms with E-state index in [9.17, 15) is 19.0 Å². The van der Waals surface area contributed by atoms with E-state index in [2.05, 4.69) is 0 Å². The third-order valence-electron chi connectivity index (χ3n) is 3.65.